The van der Waals surface area contributed by atoms with E-state index in [1.807, 2.05) is 30.0 Å². The van der Waals surface area contributed by atoms with Crippen molar-refractivity contribution in [1.82, 2.24) is 10.6 Å². The van der Waals surface area contributed by atoms with Gasteiger partial charge in [-0.3, -0.25) is 4.99 Å². The highest BCUT2D eigenvalue weighted by molar-refractivity contribution is 14.0. The molecule has 0 atom stereocenters. The SMILES string of the molecule is CN=C(NCc1ccc(S(C)(=O)=O)cc1)NCC1(Sc2ccccc2)CC1.I. The number of hydrogen-bond donors (Lipinski definition) is 2. The molecule has 28 heavy (non-hydrogen) atoms. The lowest BCUT2D eigenvalue weighted by Gasteiger charge is -2.18. The summed E-state index contributed by atoms with van der Waals surface area (Å²) < 4.78 is 23.3. The number of nitrogens with zero attached hydrogens (tertiary/aromatic N) is 1. The normalized spacial score (nSPS) is 15.4. The molecule has 0 heterocycles. The first kappa shape index (κ1) is 23.0. The Balaban J connectivity index is 0.00000280. The van der Waals surface area contributed by atoms with E-state index >= 15 is 0 Å². The summed E-state index contributed by atoms with van der Waals surface area (Å²) in [5, 5.41) is 6.71. The van der Waals surface area contributed by atoms with E-state index in [4.69, 9.17) is 0 Å². The molecule has 0 aromatic heterocycles. The average molecular weight is 531 g/mol. The highest BCUT2D eigenvalue weighted by atomic mass is 127. The number of halogens is 1. The van der Waals surface area contributed by atoms with Crippen LogP contribution in [0.1, 0.15) is 18.4 Å². The van der Waals surface area contributed by atoms with Crippen LogP contribution in [-0.4, -0.2) is 39.0 Å². The van der Waals surface area contributed by atoms with E-state index < -0.39 is 9.84 Å². The molecule has 2 aromatic carbocycles. The Morgan fingerprint density at radius 3 is 2.25 bits per heavy atom. The van der Waals surface area contributed by atoms with Gasteiger partial charge in [0.2, 0.25) is 0 Å². The van der Waals surface area contributed by atoms with Gasteiger partial charge in [0.1, 0.15) is 0 Å². The van der Waals surface area contributed by atoms with Crippen LogP contribution in [0, 0.1) is 0 Å². The van der Waals surface area contributed by atoms with E-state index in [1.165, 1.54) is 24.0 Å². The molecule has 0 spiro atoms. The smallest absolute Gasteiger partial charge is 0.191 e. The third kappa shape index (κ3) is 6.66. The van der Waals surface area contributed by atoms with Crippen molar-refractivity contribution in [3.63, 3.8) is 0 Å². The van der Waals surface area contributed by atoms with Gasteiger partial charge in [-0.1, -0.05) is 30.3 Å². The summed E-state index contributed by atoms with van der Waals surface area (Å²) in [6, 6.07) is 17.4. The molecule has 0 radical (unpaired) electrons. The minimum absolute atomic E-state index is 0. The van der Waals surface area contributed by atoms with E-state index in [-0.39, 0.29) is 28.7 Å². The fraction of sp³-hybridized carbons (Fsp3) is 0.350. The largest absolute Gasteiger partial charge is 0.355 e. The Morgan fingerprint density at radius 2 is 1.71 bits per heavy atom. The number of hydrogen-bond acceptors (Lipinski definition) is 4. The predicted molar refractivity (Wildman–Crippen MR) is 127 cm³/mol. The van der Waals surface area contributed by atoms with E-state index in [0.717, 1.165) is 18.1 Å². The summed E-state index contributed by atoms with van der Waals surface area (Å²) in [5.74, 6) is 0.752. The molecule has 2 N–H and O–H groups in total. The molecular weight excluding hydrogens is 505 g/mol. The Kier molecular flexibility index (Phi) is 8.20. The second kappa shape index (κ2) is 9.98. The van der Waals surface area contributed by atoms with Crippen molar-refractivity contribution >= 4 is 51.5 Å². The van der Waals surface area contributed by atoms with E-state index in [0.29, 0.717) is 11.4 Å². The van der Waals surface area contributed by atoms with Crippen LogP contribution < -0.4 is 10.6 Å². The van der Waals surface area contributed by atoms with Crippen LogP contribution in [-0.2, 0) is 16.4 Å². The zero-order valence-corrected chi connectivity index (χ0v) is 20.0. The number of rotatable bonds is 7. The van der Waals surface area contributed by atoms with Crippen molar-refractivity contribution in [3.05, 3.63) is 60.2 Å². The van der Waals surface area contributed by atoms with E-state index in [2.05, 4.69) is 39.9 Å². The van der Waals surface area contributed by atoms with Crippen molar-refractivity contribution in [1.29, 1.82) is 0 Å². The lowest BCUT2D eigenvalue weighted by atomic mass is 10.2. The maximum atomic E-state index is 11.5. The van der Waals surface area contributed by atoms with Crippen molar-refractivity contribution in [2.75, 3.05) is 19.8 Å². The first-order valence-corrected chi connectivity index (χ1v) is 11.6. The van der Waals surface area contributed by atoms with Gasteiger partial charge < -0.3 is 10.6 Å². The highest BCUT2D eigenvalue weighted by Crippen LogP contribution is 2.51. The minimum Gasteiger partial charge on any atom is -0.355 e. The van der Waals surface area contributed by atoms with Gasteiger partial charge in [-0.05, 0) is 42.7 Å². The molecule has 0 bridgehead atoms. The van der Waals surface area contributed by atoms with Crippen molar-refractivity contribution in [3.8, 4) is 0 Å². The van der Waals surface area contributed by atoms with Crippen LogP contribution in [0.3, 0.4) is 0 Å². The minimum atomic E-state index is -3.16. The molecule has 1 fully saturated rings. The zero-order valence-electron chi connectivity index (χ0n) is 16.0. The summed E-state index contributed by atoms with van der Waals surface area (Å²) in [6.07, 6.45) is 3.61. The molecule has 3 rings (SSSR count). The van der Waals surface area contributed by atoms with Crippen LogP contribution in [0.2, 0.25) is 0 Å². The molecule has 0 aliphatic heterocycles. The maximum absolute atomic E-state index is 11.5. The van der Waals surface area contributed by atoms with E-state index in [1.54, 1.807) is 19.2 Å². The zero-order chi connectivity index (χ0) is 19.3. The number of nitrogens with one attached hydrogen (secondary N) is 2. The number of sulfone groups is 1. The second-order valence-electron chi connectivity index (χ2n) is 6.79. The van der Waals surface area contributed by atoms with Gasteiger partial charge >= 0.3 is 0 Å². The summed E-state index contributed by atoms with van der Waals surface area (Å²) in [6.45, 7) is 1.45. The van der Waals surface area contributed by atoms with Crippen molar-refractivity contribution in [2.45, 2.75) is 33.9 Å². The molecular formula is C20H26IN3O2S2. The van der Waals surface area contributed by atoms with Gasteiger partial charge in [0, 0.05) is 36.0 Å². The molecule has 1 saturated carbocycles. The average Bonchev–Trinajstić information content (AvgIpc) is 3.42. The fourth-order valence-corrected chi connectivity index (χ4v) is 4.57. The van der Waals surface area contributed by atoms with Crippen molar-refractivity contribution < 1.29 is 8.42 Å². The van der Waals surface area contributed by atoms with Crippen LogP contribution >= 0.6 is 35.7 Å². The third-order valence-electron chi connectivity index (χ3n) is 4.50. The van der Waals surface area contributed by atoms with Gasteiger partial charge in [0.25, 0.3) is 0 Å². The maximum Gasteiger partial charge on any atom is 0.191 e. The van der Waals surface area contributed by atoms with Crippen LogP contribution in [0.4, 0.5) is 0 Å². The van der Waals surface area contributed by atoms with Gasteiger partial charge in [0.15, 0.2) is 15.8 Å². The topological polar surface area (TPSA) is 70.6 Å². The van der Waals surface area contributed by atoms with Crippen LogP contribution in [0.15, 0.2) is 69.4 Å². The first-order chi connectivity index (χ1) is 12.9. The molecule has 152 valence electrons. The number of benzene rings is 2. The lowest BCUT2D eigenvalue weighted by molar-refractivity contribution is 0.602. The molecule has 0 saturated heterocycles. The van der Waals surface area contributed by atoms with Gasteiger partial charge in [0.05, 0.1) is 4.90 Å². The molecule has 0 amide bonds. The lowest BCUT2D eigenvalue weighted by Crippen LogP contribution is -2.40. The molecule has 8 heteroatoms. The van der Waals surface area contributed by atoms with Gasteiger partial charge in [-0.25, -0.2) is 8.42 Å². The molecule has 1 aliphatic rings. The Morgan fingerprint density at radius 1 is 1.07 bits per heavy atom. The Bertz CT molecular complexity index is 897. The third-order valence-corrected chi connectivity index (χ3v) is 7.12. The van der Waals surface area contributed by atoms with Gasteiger partial charge in [-0.15, -0.1) is 35.7 Å². The summed E-state index contributed by atoms with van der Waals surface area (Å²) >= 11 is 1.93. The summed E-state index contributed by atoms with van der Waals surface area (Å²) in [5.41, 5.74) is 1.00. The number of guanidine groups is 1. The number of aliphatic imine (C=N–C) groups is 1. The first-order valence-electron chi connectivity index (χ1n) is 8.88. The van der Waals surface area contributed by atoms with Gasteiger partial charge in [-0.2, -0.15) is 0 Å². The van der Waals surface area contributed by atoms with Crippen molar-refractivity contribution in [2.24, 2.45) is 4.99 Å². The molecule has 0 unspecified atom stereocenters. The molecule has 5 nitrogen and oxygen atoms in total. The Hall–Kier alpha value is -1.26. The quantitative estimate of drug-likeness (QED) is 0.324. The van der Waals surface area contributed by atoms with Crippen LogP contribution in [0.25, 0.3) is 0 Å². The van der Waals surface area contributed by atoms with E-state index in [9.17, 15) is 8.42 Å². The second-order valence-corrected chi connectivity index (χ2v) is 10.4. The predicted octanol–water partition coefficient (Wildman–Crippen LogP) is 3.70. The van der Waals surface area contributed by atoms with Crippen LogP contribution in [0.5, 0.6) is 0 Å². The Labute approximate surface area is 188 Å². The summed E-state index contributed by atoms with van der Waals surface area (Å²) in [7, 11) is -1.40. The monoisotopic (exact) mass is 531 g/mol. The number of thioether (sulfide) groups is 1. The standard InChI is InChI=1S/C20H25N3O2S2.HI/c1-21-19(22-14-16-8-10-18(11-9-16)27(2,24)25)23-15-20(12-13-20)26-17-6-4-3-5-7-17;/h3-11H,12-15H2,1-2H3,(H2,21,22,23);1H. The summed E-state index contributed by atoms with van der Waals surface area (Å²) in [4.78, 5) is 5.92. The highest BCUT2D eigenvalue weighted by Gasteiger charge is 2.43. The fourth-order valence-electron chi connectivity index (χ4n) is 2.70. The molecule has 1 aliphatic carbocycles. The molecule has 2 aromatic rings.